The number of carbonyl (C=O) groups is 1. The third kappa shape index (κ3) is 3.87. The number of nitriles is 1. The van der Waals surface area contributed by atoms with Gasteiger partial charge < -0.3 is 14.8 Å². The fourth-order valence-corrected chi connectivity index (χ4v) is 1.83. The zero-order chi connectivity index (χ0) is 15.9. The van der Waals surface area contributed by atoms with Gasteiger partial charge in [0.15, 0.2) is 23.3 Å². The molecule has 1 aromatic heterocycles. The largest absolute Gasteiger partial charge is 0.493 e. The molecule has 0 saturated heterocycles. The topological polar surface area (TPSA) is 84.2 Å². The molecule has 1 heterocycles. The van der Waals surface area contributed by atoms with E-state index in [0.29, 0.717) is 22.7 Å². The van der Waals surface area contributed by atoms with Gasteiger partial charge in [-0.15, -0.1) is 0 Å². The first kappa shape index (κ1) is 15.6. The number of carbonyl (C=O) groups excluding carboxylic acids is 1. The highest BCUT2D eigenvalue weighted by atomic mass is 35.5. The maximum atomic E-state index is 11.8. The summed E-state index contributed by atoms with van der Waals surface area (Å²) in [5.74, 6) is 0.363. The molecule has 0 fully saturated rings. The molecule has 0 aliphatic carbocycles. The second-order valence-electron chi connectivity index (χ2n) is 4.16. The normalized spacial score (nSPS) is 9.68. The van der Waals surface area contributed by atoms with Crippen molar-refractivity contribution in [3.8, 4) is 17.6 Å². The molecule has 0 radical (unpaired) electrons. The van der Waals surface area contributed by atoms with E-state index in [2.05, 4.69) is 10.3 Å². The molecule has 1 amide bonds. The molecule has 1 N–H and O–H groups in total. The Labute approximate surface area is 132 Å². The number of nitrogens with one attached hydrogen (secondary N) is 1. The van der Waals surface area contributed by atoms with E-state index in [1.54, 1.807) is 24.3 Å². The highest BCUT2D eigenvalue weighted by Gasteiger charge is 2.10. The minimum atomic E-state index is -0.388. The van der Waals surface area contributed by atoms with Crippen molar-refractivity contribution in [1.29, 1.82) is 5.26 Å². The summed E-state index contributed by atoms with van der Waals surface area (Å²) in [6, 6.07) is 9.97. The van der Waals surface area contributed by atoms with E-state index in [0.717, 1.165) is 0 Å². The van der Waals surface area contributed by atoms with Gasteiger partial charge in [0, 0.05) is 12.3 Å². The third-order valence-electron chi connectivity index (χ3n) is 2.68. The number of rotatable bonds is 5. The molecule has 6 nitrogen and oxygen atoms in total. The third-order valence-corrected chi connectivity index (χ3v) is 2.99. The molecule has 0 saturated carbocycles. The average Bonchev–Trinajstić information content (AvgIpc) is 2.55. The van der Waals surface area contributed by atoms with Crippen molar-refractivity contribution in [3.63, 3.8) is 0 Å². The van der Waals surface area contributed by atoms with Crippen molar-refractivity contribution in [2.75, 3.05) is 19.0 Å². The van der Waals surface area contributed by atoms with Crippen LogP contribution in [0.2, 0.25) is 5.15 Å². The summed E-state index contributed by atoms with van der Waals surface area (Å²) in [7, 11) is 1.46. The second kappa shape index (κ2) is 7.29. The van der Waals surface area contributed by atoms with Crippen LogP contribution in [0.1, 0.15) is 5.56 Å². The number of methoxy groups -OCH3 is 1. The van der Waals surface area contributed by atoms with Gasteiger partial charge in [-0.25, -0.2) is 4.98 Å². The van der Waals surface area contributed by atoms with Crippen molar-refractivity contribution in [2.45, 2.75) is 0 Å². The number of halogens is 1. The number of pyridine rings is 1. The van der Waals surface area contributed by atoms with Crippen LogP contribution < -0.4 is 14.8 Å². The van der Waals surface area contributed by atoms with E-state index in [-0.39, 0.29) is 17.7 Å². The lowest BCUT2D eigenvalue weighted by Gasteiger charge is -2.11. The van der Waals surface area contributed by atoms with Gasteiger partial charge in [0.1, 0.15) is 0 Å². The van der Waals surface area contributed by atoms with Gasteiger partial charge in [-0.05, 0) is 24.3 Å². The molecule has 0 spiro atoms. The minimum Gasteiger partial charge on any atom is -0.493 e. The van der Waals surface area contributed by atoms with Gasteiger partial charge in [-0.2, -0.15) is 5.26 Å². The first-order valence-corrected chi connectivity index (χ1v) is 6.63. The molecule has 0 bridgehead atoms. The highest BCUT2D eigenvalue weighted by Crippen LogP contribution is 2.27. The number of ether oxygens (including phenoxy) is 2. The van der Waals surface area contributed by atoms with Gasteiger partial charge in [0.25, 0.3) is 5.91 Å². The lowest BCUT2D eigenvalue weighted by molar-refractivity contribution is -0.118. The molecule has 0 aliphatic heterocycles. The van der Waals surface area contributed by atoms with Gasteiger partial charge in [-0.3, -0.25) is 4.79 Å². The van der Waals surface area contributed by atoms with Crippen molar-refractivity contribution in [3.05, 3.63) is 47.2 Å². The predicted octanol–water partition coefficient (Wildman–Crippen LogP) is 2.63. The summed E-state index contributed by atoms with van der Waals surface area (Å²) < 4.78 is 10.5. The van der Waals surface area contributed by atoms with Crippen molar-refractivity contribution < 1.29 is 14.3 Å². The summed E-state index contributed by atoms with van der Waals surface area (Å²) in [5, 5.41) is 11.6. The molecular formula is C15H12ClN3O3. The summed E-state index contributed by atoms with van der Waals surface area (Å²) >= 11 is 5.85. The Bertz CT molecular complexity index is 728. The Kier molecular flexibility index (Phi) is 5.17. The molecule has 0 atom stereocenters. The van der Waals surface area contributed by atoms with Crippen molar-refractivity contribution in [2.24, 2.45) is 0 Å². The predicted molar refractivity (Wildman–Crippen MR) is 81.1 cm³/mol. The Morgan fingerprint density at radius 3 is 2.91 bits per heavy atom. The SMILES string of the molecule is COc1cc(C#N)ccc1OCC(=O)Nc1cccnc1Cl. The fraction of sp³-hybridized carbons (Fsp3) is 0.133. The average molecular weight is 318 g/mol. The number of hydrogen-bond acceptors (Lipinski definition) is 5. The van der Waals surface area contributed by atoms with E-state index in [1.807, 2.05) is 6.07 Å². The van der Waals surface area contributed by atoms with Crippen LogP contribution in [0.25, 0.3) is 0 Å². The number of nitrogens with zero attached hydrogens (tertiary/aromatic N) is 2. The standard InChI is InChI=1S/C15H12ClN3O3/c1-21-13-7-10(8-17)4-5-12(13)22-9-14(20)19-11-3-2-6-18-15(11)16/h2-7H,9H2,1H3,(H,19,20). The van der Waals surface area contributed by atoms with Crippen LogP contribution in [0.5, 0.6) is 11.5 Å². The molecule has 2 aromatic rings. The van der Waals surface area contributed by atoms with E-state index in [4.69, 9.17) is 26.3 Å². The lowest BCUT2D eigenvalue weighted by atomic mass is 10.2. The first-order valence-electron chi connectivity index (χ1n) is 6.25. The van der Waals surface area contributed by atoms with Gasteiger partial charge >= 0.3 is 0 Å². The maximum Gasteiger partial charge on any atom is 0.262 e. The van der Waals surface area contributed by atoms with E-state index < -0.39 is 0 Å². The smallest absolute Gasteiger partial charge is 0.262 e. The van der Waals surface area contributed by atoms with Crippen LogP contribution >= 0.6 is 11.6 Å². The van der Waals surface area contributed by atoms with Gasteiger partial charge in [-0.1, -0.05) is 11.6 Å². The maximum absolute atomic E-state index is 11.8. The van der Waals surface area contributed by atoms with Crippen molar-refractivity contribution >= 4 is 23.2 Å². The van der Waals surface area contributed by atoms with E-state index >= 15 is 0 Å². The molecule has 112 valence electrons. The Hall–Kier alpha value is -2.78. The highest BCUT2D eigenvalue weighted by molar-refractivity contribution is 6.32. The van der Waals surface area contributed by atoms with Crippen LogP contribution in [0.4, 0.5) is 5.69 Å². The fourth-order valence-electron chi connectivity index (χ4n) is 1.67. The molecule has 0 aliphatic rings. The molecule has 0 unspecified atom stereocenters. The molecule has 2 rings (SSSR count). The van der Waals surface area contributed by atoms with Crippen LogP contribution in [0.15, 0.2) is 36.5 Å². The van der Waals surface area contributed by atoms with Gasteiger partial charge in [0.2, 0.25) is 0 Å². The zero-order valence-electron chi connectivity index (χ0n) is 11.7. The zero-order valence-corrected chi connectivity index (χ0v) is 12.4. The Morgan fingerprint density at radius 1 is 1.41 bits per heavy atom. The van der Waals surface area contributed by atoms with Crippen LogP contribution in [0.3, 0.4) is 0 Å². The second-order valence-corrected chi connectivity index (χ2v) is 4.51. The minimum absolute atomic E-state index is 0.201. The summed E-state index contributed by atoms with van der Waals surface area (Å²) in [6.45, 7) is -0.229. The van der Waals surface area contributed by atoms with Gasteiger partial charge in [0.05, 0.1) is 24.4 Å². The molecule has 7 heteroatoms. The van der Waals surface area contributed by atoms with Crippen LogP contribution in [-0.2, 0) is 4.79 Å². The summed E-state index contributed by atoms with van der Waals surface area (Å²) in [6.07, 6.45) is 1.52. The number of aromatic nitrogens is 1. The van der Waals surface area contributed by atoms with Crippen LogP contribution in [-0.4, -0.2) is 24.6 Å². The Balaban J connectivity index is 2.00. The molecular weight excluding hydrogens is 306 g/mol. The first-order chi connectivity index (χ1) is 10.6. The van der Waals surface area contributed by atoms with E-state index in [1.165, 1.54) is 19.4 Å². The monoisotopic (exact) mass is 317 g/mol. The lowest BCUT2D eigenvalue weighted by Crippen LogP contribution is -2.20. The van der Waals surface area contributed by atoms with E-state index in [9.17, 15) is 4.79 Å². The summed E-state index contributed by atoms with van der Waals surface area (Å²) in [4.78, 5) is 15.7. The Morgan fingerprint density at radius 2 is 2.23 bits per heavy atom. The molecule has 1 aromatic carbocycles. The number of hydrogen-bond donors (Lipinski definition) is 1. The number of benzene rings is 1. The van der Waals surface area contributed by atoms with Crippen molar-refractivity contribution in [1.82, 2.24) is 4.98 Å². The quantitative estimate of drug-likeness (QED) is 0.857. The number of amides is 1. The molecule has 22 heavy (non-hydrogen) atoms. The van der Waals surface area contributed by atoms with Crippen LogP contribution in [0, 0.1) is 11.3 Å². The summed E-state index contributed by atoms with van der Waals surface area (Å²) in [5.41, 5.74) is 0.848. The number of anilines is 1.